The predicted octanol–water partition coefficient (Wildman–Crippen LogP) is 2.80. The molecule has 2 nitrogen and oxygen atoms in total. The Labute approximate surface area is 99.5 Å². The molecule has 0 aliphatic rings. The zero-order valence-electron chi connectivity index (χ0n) is 10.9. The van der Waals surface area contributed by atoms with E-state index in [1.807, 2.05) is 0 Å². The van der Waals surface area contributed by atoms with E-state index in [-0.39, 0.29) is 6.04 Å². The zero-order chi connectivity index (χ0) is 12.1. The lowest BCUT2D eigenvalue weighted by molar-refractivity contribution is 0.495. The van der Waals surface area contributed by atoms with Crippen LogP contribution in [0.2, 0.25) is 0 Å². The largest absolute Gasteiger partial charge is 0.373 e. The molecule has 0 aliphatic heterocycles. The smallest absolute Gasteiger partial charge is 0.0366 e. The van der Waals surface area contributed by atoms with Gasteiger partial charge in [0.1, 0.15) is 0 Å². The van der Waals surface area contributed by atoms with Crippen molar-refractivity contribution < 1.29 is 0 Å². The Hall–Kier alpha value is -1.02. The van der Waals surface area contributed by atoms with Crippen LogP contribution in [-0.4, -0.2) is 19.6 Å². The van der Waals surface area contributed by atoms with Crippen LogP contribution in [-0.2, 0) is 0 Å². The molecule has 16 heavy (non-hydrogen) atoms. The summed E-state index contributed by atoms with van der Waals surface area (Å²) in [5, 5.41) is 0. The SMILES string of the molecule is Cc1cccc(N(C)CC(N)CC(C)C)c1. The van der Waals surface area contributed by atoms with E-state index in [1.54, 1.807) is 0 Å². The number of rotatable bonds is 5. The Bertz CT molecular complexity index is 320. The number of nitrogens with two attached hydrogens (primary N) is 1. The maximum Gasteiger partial charge on any atom is 0.0366 e. The molecule has 0 radical (unpaired) electrons. The summed E-state index contributed by atoms with van der Waals surface area (Å²) in [6.07, 6.45) is 1.08. The van der Waals surface area contributed by atoms with Crippen LogP contribution in [0.5, 0.6) is 0 Å². The number of hydrogen-bond donors (Lipinski definition) is 1. The zero-order valence-corrected chi connectivity index (χ0v) is 10.9. The standard InChI is InChI=1S/C14H24N2/c1-11(2)8-13(15)10-16(4)14-7-5-6-12(3)9-14/h5-7,9,11,13H,8,10,15H2,1-4H3. The Morgan fingerprint density at radius 3 is 2.56 bits per heavy atom. The molecule has 0 saturated heterocycles. The topological polar surface area (TPSA) is 29.3 Å². The molecule has 2 N–H and O–H groups in total. The van der Waals surface area contributed by atoms with Crippen molar-refractivity contribution in [3.05, 3.63) is 29.8 Å². The molecule has 0 saturated carbocycles. The van der Waals surface area contributed by atoms with Crippen molar-refractivity contribution in [2.24, 2.45) is 11.7 Å². The number of benzene rings is 1. The normalized spacial score (nSPS) is 12.9. The van der Waals surface area contributed by atoms with Gasteiger partial charge in [-0.15, -0.1) is 0 Å². The van der Waals surface area contributed by atoms with Crippen LogP contribution < -0.4 is 10.6 Å². The van der Waals surface area contributed by atoms with E-state index in [9.17, 15) is 0 Å². The van der Waals surface area contributed by atoms with Crippen LogP contribution in [0.4, 0.5) is 5.69 Å². The van der Waals surface area contributed by atoms with Gasteiger partial charge >= 0.3 is 0 Å². The van der Waals surface area contributed by atoms with Crippen molar-refractivity contribution in [3.63, 3.8) is 0 Å². The second kappa shape index (κ2) is 5.90. The highest BCUT2D eigenvalue weighted by Gasteiger charge is 2.09. The van der Waals surface area contributed by atoms with Crippen molar-refractivity contribution in [2.75, 3.05) is 18.5 Å². The third kappa shape index (κ3) is 4.23. The van der Waals surface area contributed by atoms with Gasteiger partial charge in [0.05, 0.1) is 0 Å². The Balaban J connectivity index is 2.55. The van der Waals surface area contributed by atoms with E-state index in [4.69, 9.17) is 5.73 Å². The summed E-state index contributed by atoms with van der Waals surface area (Å²) < 4.78 is 0. The van der Waals surface area contributed by atoms with Crippen molar-refractivity contribution in [2.45, 2.75) is 33.2 Å². The lowest BCUT2D eigenvalue weighted by Crippen LogP contribution is -2.36. The summed E-state index contributed by atoms with van der Waals surface area (Å²) in [5.41, 5.74) is 8.65. The van der Waals surface area contributed by atoms with Crippen molar-refractivity contribution in [3.8, 4) is 0 Å². The first-order valence-electron chi connectivity index (χ1n) is 6.02. The van der Waals surface area contributed by atoms with E-state index < -0.39 is 0 Å². The van der Waals surface area contributed by atoms with E-state index in [0.29, 0.717) is 5.92 Å². The number of hydrogen-bond acceptors (Lipinski definition) is 2. The van der Waals surface area contributed by atoms with Crippen LogP contribution in [0.25, 0.3) is 0 Å². The van der Waals surface area contributed by atoms with E-state index in [1.165, 1.54) is 11.3 Å². The van der Waals surface area contributed by atoms with Crippen LogP contribution in [0, 0.1) is 12.8 Å². The van der Waals surface area contributed by atoms with Gasteiger partial charge in [-0.25, -0.2) is 0 Å². The quantitative estimate of drug-likeness (QED) is 0.826. The molecule has 0 spiro atoms. The minimum Gasteiger partial charge on any atom is -0.373 e. The van der Waals surface area contributed by atoms with Gasteiger partial charge in [0.2, 0.25) is 0 Å². The molecular weight excluding hydrogens is 196 g/mol. The van der Waals surface area contributed by atoms with Gasteiger partial charge in [-0.3, -0.25) is 0 Å². The summed E-state index contributed by atoms with van der Waals surface area (Å²) in [7, 11) is 2.11. The first-order valence-corrected chi connectivity index (χ1v) is 6.02. The van der Waals surface area contributed by atoms with Crippen molar-refractivity contribution >= 4 is 5.69 Å². The van der Waals surface area contributed by atoms with Crippen molar-refractivity contribution in [1.29, 1.82) is 0 Å². The molecule has 0 aromatic heterocycles. The molecule has 0 amide bonds. The second-order valence-electron chi connectivity index (χ2n) is 5.11. The number of anilines is 1. The van der Waals surface area contributed by atoms with E-state index in [2.05, 4.69) is 57.0 Å². The highest BCUT2D eigenvalue weighted by Crippen LogP contribution is 2.15. The highest BCUT2D eigenvalue weighted by atomic mass is 15.1. The average molecular weight is 220 g/mol. The van der Waals surface area contributed by atoms with Gasteiger partial charge in [0, 0.05) is 25.3 Å². The fraction of sp³-hybridized carbons (Fsp3) is 0.571. The molecule has 0 bridgehead atoms. The number of nitrogens with zero attached hydrogens (tertiary/aromatic N) is 1. The second-order valence-corrected chi connectivity index (χ2v) is 5.11. The van der Waals surface area contributed by atoms with Gasteiger partial charge in [0.15, 0.2) is 0 Å². The van der Waals surface area contributed by atoms with Crippen LogP contribution in [0.3, 0.4) is 0 Å². The van der Waals surface area contributed by atoms with Crippen molar-refractivity contribution in [1.82, 2.24) is 0 Å². The van der Waals surface area contributed by atoms with Gasteiger partial charge in [0.25, 0.3) is 0 Å². The summed E-state index contributed by atoms with van der Waals surface area (Å²) in [6, 6.07) is 8.79. The lowest BCUT2D eigenvalue weighted by atomic mass is 10.0. The first-order chi connectivity index (χ1) is 7.49. The van der Waals surface area contributed by atoms with Crippen LogP contribution in [0.1, 0.15) is 25.8 Å². The lowest BCUT2D eigenvalue weighted by Gasteiger charge is -2.24. The van der Waals surface area contributed by atoms with Gasteiger partial charge < -0.3 is 10.6 Å². The minimum absolute atomic E-state index is 0.255. The Morgan fingerprint density at radius 2 is 2.00 bits per heavy atom. The minimum atomic E-state index is 0.255. The monoisotopic (exact) mass is 220 g/mol. The third-order valence-corrected chi connectivity index (χ3v) is 2.72. The maximum absolute atomic E-state index is 6.11. The molecule has 1 aromatic carbocycles. The number of likely N-dealkylation sites (N-methyl/N-ethyl adjacent to an activating group) is 1. The first kappa shape index (κ1) is 13.0. The summed E-state index contributed by atoms with van der Waals surface area (Å²) in [6.45, 7) is 7.46. The number of aryl methyl sites for hydroxylation is 1. The molecular formula is C14H24N2. The van der Waals surface area contributed by atoms with Gasteiger partial charge in [-0.2, -0.15) is 0 Å². The predicted molar refractivity (Wildman–Crippen MR) is 71.9 cm³/mol. The molecule has 90 valence electrons. The Morgan fingerprint density at radius 1 is 1.31 bits per heavy atom. The van der Waals surface area contributed by atoms with Gasteiger partial charge in [-0.1, -0.05) is 26.0 Å². The molecule has 1 rings (SSSR count). The maximum atomic E-state index is 6.11. The highest BCUT2D eigenvalue weighted by molar-refractivity contribution is 5.47. The Kier molecular flexibility index (Phi) is 4.81. The summed E-state index contributed by atoms with van der Waals surface area (Å²) in [5.74, 6) is 0.668. The molecule has 1 atom stereocenters. The molecule has 2 heteroatoms. The third-order valence-electron chi connectivity index (χ3n) is 2.72. The molecule has 1 aromatic rings. The fourth-order valence-electron chi connectivity index (χ4n) is 2.00. The average Bonchev–Trinajstić information content (AvgIpc) is 2.16. The molecule has 0 aliphatic carbocycles. The van der Waals surface area contributed by atoms with Crippen LogP contribution >= 0.6 is 0 Å². The van der Waals surface area contributed by atoms with Gasteiger partial charge in [-0.05, 0) is 37.0 Å². The fourth-order valence-corrected chi connectivity index (χ4v) is 2.00. The summed E-state index contributed by atoms with van der Waals surface area (Å²) in [4.78, 5) is 2.24. The molecule has 1 unspecified atom stereocenters. The molecule has 0 fully saturated rings. The van der Waals surface area contributed by atoms with E-state index in [0.717, 1.165) is 13.0 Å². The van der Waals surface area contributed by atoms with E-state index >= 15 is 0 Å². The molecule has 0 heterocycles. The van der Waals surface area contributed by atoms with Crippen LogP contribution in [0.15, 0.2) is 24.3 Å². The summed E-state index contributed by atoms with van der Waals surface area (Å²) >= 11 is 0.